The van der Waals surface area contributed by atoms with Gasteiger partial charge in [0.1, 0.15) is 0 Å². The van der Waals surface area contributed by atoms with Gasteiger partial charge in [-0.15, -0.1) is 12.3 Å². The minimum Gasteiger partial charge on any atom is -0.120 e. The molecule has 16 heavy (non-hydrogen) atoms. The fraction of sp³-hybridized carbons (Fsp3) is 0.500. The zero-order chi connectivity index (χ0) is 12.3. The Hall–Kier alpha value is -1.22. The van der Waals surface area contributed by atoms with E-state index in [1.165, 1.54) is 16.7 Å². The van der Waals surface area contributed by atoms with Gasteiger partial charge in [0.2, 0.25) is 0 Å². The van der Waals surface area contributed by atoms with Crippen molar-refractivity contribution >= 4 is 0 Å². The molecule has 0 aliphatic rings. The van der Waals surface area contributed by atoms with Crippen LogP contribution in [-0.4, -0.2) is 0 Å². The van der Waals surface area contributed by atoms with Crippen molar-refractivity contribution in [3.05, 3.63) is 34.9 Å². The van der Waals surface area contributed by atoms with Crippen LogP contribution in [0, 0.1) is 19.3 Å². The summed E-state index contributed by atoms with van der Waals surface area (Å²) in [5, 5.41) is 0. The Morgan fingerprint density at radius 1 is 1.31 bits per heavy atom. The number of terminal acetylenes is 1. The van der Waals surface area contributed by atoms with Gasteiger partial charge >= 0.3 is 0 Å². The molecular weight excluding hydrogens is 192 g/mol. The lowest BCUT2D eigenvalue weighted by atomic mass is 9.81. The van der Waals surface area contributed by atoms with Crippen molar-refractivity contribution < 1.29 is 0 Å². The molecule has 86 valence electrons. The second-order valence-corrected chi connectivity index (χ2v) is 5.63. The molecule has 0 spiro atoms. The largest absolute Gasteiger partial charge is 0.120 e. The van der Waals surface area contributed by atoms with Crippen LogP contribution in [0.1, 0.15) is 56.7 Å². The molecule has 0 saturated carbocycles. The van der Waals surface area contributed by atoms with Crippen LogP contribution in [-0.2, 0) is 5.41 Å². The first kappa shape index (κ1) is 12.8. The van der Waals surface area contributed by atoms with Gasteiger partial charge < -0.3 is 0 Å². The van der Waals surface area contributed by atoms with Crippen LogP contribution in [0.5, 0.6) is 0 Å². The minimum atomic E-state index is 0.204. The third-order valence-corrected chi connectivity index (χ3v) is 3.06. The molecule has 0 heteroatoms. The number of aryl methyl sites for hydroxylation is 1. The summed E-state index contributed by atoms with van der Waals surface area (Å²) >= 11 is 0. The van der Waals surface area contributed by atoms with Crippen LogP contribution in [0.25, 0.3) is 0 Å². The predicted octanol–water partition coefficient (Wildman–Crippen LogP) is 4.42. The molecule has 0 nitrogen and oxygen atoms in total. The van der Waals surface area contributed by atoms with E-state index in [1.807, 2.05) is 0 Å². The van der Waals surface area contributed by atoms with Crippen LogP contribution in [0.2, 0.25) is 0 Å². The molecule has 0 radical (unpaired) electrons. The molecule has 1 unspecified atom stereocenters. The number of hydrogen-bond donors (Lipinski definition) is 0. The summed E-state index contributed by atoms with van der Waals surface area (Å²) in [5.74, 6) is 3.19. The Morgan fingerprint density at radius 3 is 2.44 bits per heavy atom. The van der Waals surface area contributed by atoms with Gasteiger partial charge in [-0.3, -0.25) is 0 Å². The van der Waals surface area contributed by atoms with Crippen molar-refractivity contribution in [2.24, 2.45) is 0 Å². The summed E-state index contributed by atoms with van der Waals surface area (Å²) in [7, 11) is 0. The topological polar surface area (TPSA) is 0 Å². The van der Waals surface area contributed by atoms with Gasteiger partial charge in [-0.2, -0.15) is 0 Å². The maximum atomic E-state index is 5.37. The molecule has 1 atom stereocenters. The molecule has 0 bridgehead atoms. The maximum absolute atomic E-state index is 5.37. The van der Waals surface area contributed by atoms with E-state index in [1.54, 1.807) is 0 Å². The Labute approximate surface area is 100 Å². The quantitative estimate of drug-likeness (QED) is 0.639. The third-order valence-electron chi connectivity index (χ3n) is 3.06. The van der Waals surface area contributed by atoms with Gasteiger partial charge in [0.05, 0.1) is 0 Å². The van der Waals surface area contributed by atoms with Gasteiger partial charge in [-0.1, -0.05) is 45.9 Å². The van der Waals surface area contributed by atoms with Gasteiger partial charge in [0.15, 0.2) is 0 Å². The molecule has 0 aliphatic carbocycles. The maximum Gasteiger partial charge on any atom is 0.0152 e. The molecule has 0 N–H and O–H groups in total. The SMILES string of the molecule is C#CCC(C)c1ccc(C)c(C(C)(C)C)c1. The van der Waals surface area contributed by atoms with Crippen molar-refractivity contribution in [1.82, 2.24) is 0 Å². The molecule has 0 heterocycles. The first-order valence-corrected chi connectivity index (χ1v) is 5.90. The van der Waals surface area contributed by atoms with E-state index in [2.05, 4.69) is 58.7 Å². The van der Waals surface area contributed by atoms with E-state index >= 15 is 0 Å². The highest BCUT2D eigenvalue weighted by atomic mass is 14.2. The molecular formula is C16H22. The molecule has 0 fully saturated rings. The van der Waals surface area contributed by atoms with E-state index in [9.17, 15) is 0 Å². The summed E-state index contributed by atoms with van der Waals surface area (Å²) in [6.07, 6.45) is 6.18. The monoisotopic (exact) mass is 214 g/mol. The zero-order valence-corrected chi connectivity index (χ0v) is 11.1. The molecule has 0 aromatic heterocycles. The van der Waals surface area contributed by atoms with E-state index < -0.39 is 0 Å². The van der Waals surface area contributed by atoms with Crippen molar-refractivity contribution in [1.29, 1.82) is 0 Å². The summed E-state index contributed by atoms with van der Waals surface area (Å²) in [6, 6.07) is 6.73. The summed E-state index contributed by atoms with van der Waals surface area (Å²) < 4.78 is 0. The molecule has 0 aliphatic heterocycles. The predicted molar refractivity (Wildman–Crippen MR) is 71.7 cm³/mol. The standard InChI is InChI=1S/C16H22/c1-7-8-12(2)14-10-9-13(3)15(11-14)16(4,5)6/h1,9-12H,8H2,2-6H3. The van der Waals surface area contributed by atoms with Gasteiger partial charge in [-0.25, -0.2) is 0 Å². The van der Waals surface area contributed by atoms with Crippen molar-refractivity contribution in [3.8, 4) is 12.3 Å². The first-order chi connectivity index (χ1) is 7.36. The third kappa shape index (κ3) is 2.89. The zero-order valence-electron chi connectivity index (χ0n) is 11.1. The molecule has 1 rings (SSSR count). The van der Waals surface area contributed by atoms with E-state index in [0.29, 0.717) is 5.92 Å². The summed E-state index contributed by atoms with van der Waals surface area (Å²) in [5.41, 5.74) is 4.35. The molecule has 0 saturated heterocycles. The van der Waals surface area contributed by atoms with Gasteiger partial charge in [0, 0.05) is 6.42 Å². The van der Waals surface area contributed by atoms with Crippen LogP contribution in [0.15, 0.2) is 18.2 Å². The highest BCUT2D eigenvalue weighted by molar-refractivity contribution is 5.37. The smallest absolute Gasteiger partial charge is 0.0152 e. The van der Waals surface area contributed by atoms with Crippen LogP contribution < -0.4 is 0 Å². The number of benzene rings is 1. The fourth-order valence-electron chi connectivity index (χ4n) is 2.05. The Morgan fingerprint density at radius 2 is 1.94 bits per heavy atom. The van der Waals surface area contributed by atoms with E-state index in [4.69, 9.17) is 6.42 Å². The Bertz CT molecular complexity index is 399. The molecule has 0 amide bonds. The highest BCUT2D eigenvalue weighted by Gasteiger charge is 2.17. The average Bonchev–Trinajstić information content (AvgIpc) is 2.16. The lowest BCUT2D eigenvalue weighted by Crippen LogP contribution is -2.13. The minimum absolute atomic E-state index is 0.204. The number of hydrogen-bond acceptors (Lipinski definition) is 0. The molecule has 1 aromatic carbocycles. The van der Waals surface area contributed by atoms with Crippen molar-refractivity contribution in [3.63, 3.8) is 0 Å². The van der Waals surface area contributed by atoms with Crippen molar-refractivity contribution in [2.45, 2.75) is 52.4 Å². The number of rotatable bonds is 2. The Balaban J connectivity index is 3.13. The van der Waals surface area contributed by atoms with Crippen LogP contribution >= 0.6 is 0 Å². The van der Waals surface area contributed by atoms with Crippen LogP contribution in [0.4, 0.5) is 0 Å². The summed E-state index contributed by atoms with van der Waals surface area (Å²) in [6.45, 7) is 11.1. The van der Waals surface area contributed by atoms with E-state index in [0.717, 1.165) is 6.42 Å². The Kier molecular flexibility index (Phi) is 3.81. The first-order valence-electron chi connectivity index (χ1n) is 5.90. The average molecular weight is 214 g/mol. The van der Waals surface area contributed by atoms with Gasteiger partial charge in [0.25, 0.3) is 0 Å². The van der Waals surface area contributed by atoms with Gasteiger partial charge in [-0.05, 0) is 34.9 Å². The lowest BCUT2D eigenvalue weighted by Gasteiger charge is -2.23. The summed E-state index contributed by atoms with van der Waals surface area (Å²) in [4.78, 5) is 0. The van der Waals surface area contributed by atoms with E-state index in [-0.39, 0.29) is 5.41 Å². The second-order valence-electron chi connectivity index (χ2n) is 5.63. The van der Waals surface area contributed by atoms with Crippen LogP contribution in [0.3, 0.4) is 0 Å². The molecule has 1 aromatic rings. The highest BCUT2D eigenvalue weighted by Crippen LogP contribution is 2.29. The normalized spacial score (nSPS) is 13.2. The lowest BCUT2D eigenvalue weighted by molar-refractivity contribution is 0.584. The fourth-order valence-corrected chi connectivity index (χ4v) is 2.05. The second kappa shape index (κ2) is 4.74. The van der Waals surface area contributed by atoms with Crippen molar-refractivity contribution in [2.75, 3.05) is 0 Å².